The van der Waals surface area contributed by atoms with Crippen LogP contribution in [-0.4, -0.2) is 56.0 Å². The average Bonchev–Trinajstić information content (AvgIpc) is 2.35. The molecule has 0 aliphatic rings. The first-order valence-electron chi connectivity index (χ1n) is 5.25. The third-order valence-electron chi connectivity index (χ3n) is 2.22. The Hall–Kier alpha value is -2.75. The minimum absolute atomic E-state index is 0.227. The Morgan fingerprint density at radius 1 is 1.29 bits per heavy atom. The van der Waals surface area contributed by atoms with E-state index in [4.69, 9.17) is 21.8 Å². The molecule has 2 N–H and O–H groups in total. The van der Waals surface area contributed by atoms with Crippen LogP contribution in [0.3, 0.4) is 0 Å². The topological polar surface area (TPSA) is 151 Å². The van der Waals surface area contributed by atoms with Gasteiger partial charge in [0, 0.05) is 0 Å². The highest BCUT2D eigenvalue weighted by Crippen LogP contribution is 2.22. The van der Waals surface area contributed by atoms with E-state index in [-0.39, 0.29) is 5.15 Å². The van der Waals surface area contributed by atoms with Gasteiger partial charge in [-0.05, 0) is 6.07 Å². The lowest BCUT2D eigenvalue weighted by Crippen LogP contribution is -2.39. The molecule has 0 aliphatic heterocycles. The second-order valence-corrected chi connectivity index (χ2v) is 4.12. The Balaban J connectivity index is 3.24. The Kier molecular flexibility index (Phi) is 5.13. The summed E-state index contributed by atoms with van der Waals surface area (Å²) in [5.41, 5.74) is -1.24. The van der Waals surface area contributed by atoms with Crippen LogP contribution in [0.1, 0.15) is 10.4 Å². The zero-order valence-electron chi connectivity index (χ0n) is 10.2. The molecule has 21 heavy (non-hydrogen) atoms. The highest BCUT2D eigenvalue weighted by Gasteiger charge is 2.28. The van der Waals surface area contributed by atoms with Crippen molar-refractivity contribution in [1.29, 1.82) is 0 Å². The van der Waals surface area contributed by atoms with E-state index in [0.29, 0.717) is 4.90 Å². The maximum Gasteiger partial charge on any atom is 0.323 e. The van der Waals surface area contributed by atoms with E-state index in [1.165, 1.54) is 0 Å². The van der Waals surface area contributed by atoms with Crippen LogP contribution in [0.4, 0.5) is 5.69 Å². The van der Waals surface area contributed by atoms with E-state index in [1.807, 2.05) is 0 Å². The highest BCUT2D eigenvalue weighted by atomic mass is 35.5. The molecule has 0 bridgehead atoms. The van der Waals surface area contributed by atoms with Gasteiger partial charge in [-0.2, -0.15) is 0 Å². The zero-order chi connectivity index (χ0) is 16.2. The summed E-state index contributed by atoms with van der Waals surface area (Å²) < 4.78 is 0. The fraction of sp³-hybridized carbons (Fsp3) is 0.200. The number of hydrogen-bond donors (Lipinski definition) is 2. The van der Waals surface area contributed by atoms with Crippen LogP contribution in [0.15, 0.2) is 12.3 Å². The standard InChI is InChI=1S/C10H8ClN3O7/c11-7-1-5(6(2-12-7)14(20)21)10(19)13(3-8(15)16)4-9(17)18/h1-2H,3-4H2,(H,15,16)(H,17,18). The lowest BCUT2D eigenvalue weighted by Gasteiger charge is -2.18. The summed E-state index contributed by atoms with van der Waals surface area (Å²) in [6.45, 7) is -1.86. The van der Waals surface area contributed by atoms with E-state index in [0.717, 1.165) is 12.3 Å². The number of aromatic nitrogens is 1. The molecule has 0 saturated heterocycles. The maximum absolute atomic E-state index is 12.1. The van der Waals surface area contributed by atoms with Crippen molar-refractivity contribution in [2.24, 2.45) is 0 Å². The smallest absolute Gasteiger partial charge is 0.323 e. The van der Waals surface area contributed by atoms with Crippen molar-refractivity contribution >= 4 is 35.1 Å². The summed E-state index contributed by atoms with van der Waals surface area (Å²) in [5, 5.41) is 27.9. The first-order chi connectivity index (χ1) is 9.72. The molecule has 0 aromatic carbocycles. The van der Waals surface area contributed by atoms with Crippen LogP contribution in [0.2, 0.25) is 5.15 Å². The average molecular weight is 318 g/mol. The second-order valence-electron chi connectivity index (χ2n) is 3.73. The lowest BCUT2D eigenvalue weighted by molar-refractivity contribution is -0.385. The predicted octanol–water partition coefficient (Wildman–Crippen LogP) is 0.255. The first-order valence-corrected chi connectivity index (χ1v) is 5.63. The monoisotopic (exact) mass is 317 g/mol. The number of nitro groups is 1. The van der Waals surface area contributed by atoms with Crippen LogP contribution in [-0.2, 0) is 9.59 Å². The molecule has 1 rings (SSSR count). The molecule has 0 radical (unpaired) electrons. The van der Waals surface area contributed by atoms with Crippen LogP contribution in [0, 0.1) is 10.1 Å². The molecule has 0 unspecified atom stereocenters. The Morgan fingerprint density at radius 2 is 1.81 bits per heavy atom. The number of carboxylic acid groups (broad SMARTS) is 2. The summed E-state index contributed by atoms with van der Waals surface area (Å²) in [7, 11) is 0. The molecular weight excluding hydrogens is 310 g/mol. The Morgan fingerprint density at radius 3 is 2.24 bits per heavy atom. The Labute approximate surface area is 121 Å². The van der Waals surface area contributed by atoms with E-state index >= 15 is 0 Å². The normalized spacial score (nSPS) is 9.95. The van der Waals surface area contributed by atoms with E-state index in [9.17, 15) is 24.5 Å². The fourth-order valence-electron chi connectivity index (χ4n) is 1.44. The molecule has 10 nitrogen and oxygen atoms in total. The number of hydrogen-bond acceptors (Lipinski definition) is 6. The summed E-state index contributed by atoms with van der Waals surface area (Å²) in [6, 6.07) is 0.874. The van der Waals surface area contributed by atoms with E-state index in [1.54, 1.807) is 0 Å². The summed E-state index contributed by atoms with van der Waals surface area (Å²) in [4.78, 5) is 47.2. The molecule has 0 aliphatic carbocycles. The van der Waals surface area contributed by atoms with Crippen molar-refractivity contribution < 1.29 is 29.5 Å². The summed E-state index contributed by atoms with van der Waals surface area (Å²) >= 11 is 5.54. The van der Waals surface area contributed by atoms with Gasteiger partial charge in [0.15, 0.2) is 0 Å². The van der Waals surface area contributed by atoms with Crippen molar-refractivity contribution in [3.05, 3.63) is 33.1 Å². The number of pyridine rings is 1. The number of carboxylic acids is 2. The molecule has 0 saturated carbocycles. The Bertz CT molecular complexity index is 603. The molecule has 11 heteroatoms. The van der Waals surface area contributed by atoms with Crippen molar-refractivity contribution in [2.45, 2.75) is 0 Å². The van der Waals surface area contributed by atoms with Gasteiger partial charge in [-0.3, -0.25) is 24.5 Å². The minimum atomic E-state index is -1.47. The van der Waals surface area contributed by atoms with Gasteiger partial charge in [0.1, 0.15) is 30.0 Å². The van der Waals surface area contributed by atoms with Crippen LogP contribution in [0.25, 0.3) is 0 Å². The first kappa shape index (κ1) is 16.3. The predicted molar refractivity (Wildman–Crippen MR) is 67.1 cm³/mol. The number of rotatable bonds is 6. The van der Waals surface area contributed by atoms with Gasteiger partial charge in [0.2, 0.25) is 0 Å². The summed E-state index contributed by atoms with van der Waals surface area (Å²) in [5.74, 6) is -4.07. The van der Waals surface area contributed by atoms with Gasteiger partial charge in [-0.1, -0.05) is 11.6 Å². The van der Waals surface area contributed by atoms with Crippen LogP contribution < -0.4 is 0 Å². The molecule has 0 atom stereocenters. The largest absolute Gasteiger partial charge is 0.480 e. The van der Waals surface area contributed by atoms with Crippen LogP contribution in [0.5, 0.6) is 0 Å². The molecule has 0 fully saturated rings. The minimum Gasteiger partial charge on any atom is -0.480 e. The van der Waals surface area contributed by atoms with Crippen molar-refractivity contribution in [2.75, 3.05) is 13.1 Å². The molecular formula is C10H8ClN3O7. The van der Waals surface area contributed by atoms with Crippen LogP contribution >= 0.6 is 11.6 Å². The number of halogens is 1. The molecule has 1 heterocycles. The number of amides is 1. The van der Waals surface area contributed by atoms with Gasteiger partial charge in [-0.15, -0.1) is 0 Å². The second kappa shape index (κ2) is 6.61. The number of aliphatic carboxylic acids is 2. The van der Waals surface area contributed by atoms with E-state index < -0.39 is 47.1 Å². The maximum atomic E-state index is 12.1. The van der Waals surface area contributed by atoms with Gasteiger partial charge < -0.3 is 15.1 Å². The molecule has 1 aromatic heterocycles. The molecule has 1 amide bonds. The number of carbonyl (C=O) groups is 3. The molecule has 1 aromatic rings. The molecule has 112 valence electrons. The lowest BCUT2D eigenvalue weighted by atomic mass is 10.2. The SMILES string of the molecule is O=C(O)CN(CC(=O)O)C(=O)c1cc(Cl)ncc1[N+](=O)[O-]. The third kappa shape index (κ3) is 4.38. The summed E-state index contributed by atoms with van der Waals surface area (Å²) in [6.07, 6.45) is 0.731. The fourth-order valence-corrected chi connectivity index (χ4v) is 1.59. The van der Waals surface area contributed by atoms with Crippen molar-refractivity contribution in [3.63, 3.8) is 0 Å². The van der Waals surface area contributed by atoms with Crippen molar-refractivity contribution in [1.82, 2.24) is 9.88 Å². The van der Waals surface area contributed by atoms with E-state index in [2.05, 4.69) is 4.98 Å². The number of nitrogens with zero attached hydrogens (tertiary/aromatic N) is 3. The van der Waals surface area contributed by atoms with Gasteiger partial charge in [0.05, 0.1) is 4.92 Å². The van der Waals surface area contributed by atoms with Gasteiger partial charge >= 0.3 is 11.9 Å². The third-order valence-corrected chi connectivity index (χ3v) is 2.42. The zero-order valence-corrected chi connectivity index (χ0v) is 11.0. The highest BCUT2D eigenvalue weighted by molar-refractivity contribution is 6.29. The number of carbonyl (C=O) groups excluding carboxylic acids is 1. The van der Waals surface area contributed by atoms with Crippen molar-refractivity contribution in [3.8, 4) is 0 Å². The molecule has 0 spiro atoms. The van der Waals surface area contributed by atoms with Gasteiger partial charge in [0.25, 0.3) is 11.6 Å². The van der Waals surface area contributed by atoms with Gasteiger partial charge in [-0.25, -0.2) is 4.98 Å². The quantitative estimate of drug-likeness (QED) is 0.430.